The summed E-state index contributed by atoms with van der Waals surface area (Å²) in [5.41, 5.74) is 0.338. The highest BCUT2D eigenvalue weighted by Crippen LogP contribution is 2.43. The van der Waals surface area contributed by atoms with Crippen LogP contribution in [0.15, 0.2) is 40.6 Å². The zero-order valence-electron chi connectivity index (χ0n) is 20.3. The Kier molecular flexibility index (Phi) is 11.1. The number of rotatable bonds is 13. The van der Waals surface area contributed by atoms with Crippen molar-refractivity contribution >= 4 is 46.4 Å². The molecule has 0 radical (unpaired) electrons. The molecular formula is C24H29Cl2N3O6. The Bertz CT molecular complexity index is 1060. The van der Waals surface area contributed by atoms with Crippen molar-refractivity contribution in [1.29, 1.82) is 0 Å². The number of nitrogens with zero attached hydrogens (tertiary/aromatic N) is 3. The number of anilines is 1. The second-order valence-electron chi connectivity index (χ2n) is 6.91. The van der Waals surface area contributed by atoms with Crippen LogP contribution in [0, 0.1) is 0 Å². The number of hydrogen-bond donors (Lipinski definition) is 0. The van der Waals surface area contributed by atoms with Crippen molar-refractivity contribution in [3.8, 4) is 23.0 Å². The van der Waals surface area contributed by atoms with Crippen LogP contribution in [0.5, 0.6) is 23.0 Å². The van der Waals surface area contributed by atoms with Gasteiger partial charge in [-0.3, -0.25) is 9.59 Å². The van der Waals surface area contributed by atoms with Crippen LogP contribution in [0.3, 0.4) is 0 Å². The van der Waals surface area contributed by atoms with Crippen LogP contribution in [0.1, 0.15) is 34.6 Å². The molecule has 11 heteroatoms. The van der Waals surface area contributed by atoms with Crippen molar-refractivity contribution in [2.75, 3.05) is 30.8 Å². The Morgan fingerprint density at radius 3 is 2.03 bits per heavy atom. The SMILES string of the molecule is CCOc1cccc(N(Cl)C(=O)C(N=Nc2c(Cl)ccc(OCC)c2OCC)C(C)=O)c1OCC. The summed E-state index contributed by atoms with van der Waals surface area (Å²) in [5, 5.41) is 8.29. The van der Waals surface area contributed by atoms with Crippen molar-refractivity contribution < 1.29 is 28.5 Å². The molecule has 0 aliphatic carbocycles. The summed E-state index contributed by atoms with van der Waals surface area (Å²) in [6.45, 7) is 9.82. The van der Waals surface area contributed by atoms with E-state index in [0.29, 0.717) is 37.9 Å². The number of carbonyl (C=O) groups excluding carboxylic acids is 2. The number of amides is 1. The van der Waals surface area contributed by atoms with Gasteiger partial charge in [-0.2, -0.15) is 5.11 Å². The van der Waals surface area contributed by atoms with Gasteiger partial charge in [0.15, 0.2) is 28.8 Å². The van der Waals surface area contributed by atoms with Crippen LogP contribution in [-0.2, 0) is 9.59 Å². The minimum Gasteiger partial charge on any atom is -0.490 e. The summed E-state index contributed by atoms with van der Waals surface area (Å²) in [6.07, 6.45) is 0. The van der Waals surface area contributed by atoms with Gasteiger partial charge in [0.1, 0.15) is 11.4 Å². The van der Waals surface area contributed by atoms with E-state index in [1.165, 1.54) is 6.92 Å². The van der Waals surface area contributed by atoms with Gasteiger partial charge in [-0.25, -0.2) is 4.42 Å². The Morgan fingerprint density at radius 1 is 0.886 bits per heavy atom. The molecule has 1 atom stereocenters. The number of ketones is 1. The summed E-state index contributed by atoms with van der Waals surface area (Å²) >= 11 is 12.7. The lowest BCUT2D eigenvalue weighted by atomic mass is 10.2. The maximum absolute atomic E-state index is 13.2. The number of carbonyl (C=O) groups is 2. The number of Topliss-reactive ketones (excluding diaryl/α,β-unsaturated/α-hetero) is 1. The molecule has 0 heterocycles. The highest BCUT2D eigenvalue weighted by atomic mass is 35.5. The normalized spacial score (nSPS) is 11.7. The van der Waals surface area contributed by atoms with Gasteiger partial charge in [0.05, 0.1) is 31.5 Å². The van der Waals surface area contributed by atoms with Gasteiger partial charge in [0.25, 0.3) is 5.91 Å². The smallest absolute Gasteiger partial charge is 0.276 e. The first-order valence-electron chi connectivity index (χ1n) is 11.2. The van der Waals surface area contributed by atoms with E-state index < -0.39 is 17.7 Å². The molecule has 0 bridgehead atoms. The Balaban J connectivity index is 2.47. The molecule has 190 valence electrons. The van der Waals surface area contributed by atoms with Crippen molar-refractivity contribution in [2.45, 2.75) is 40.7 Å². The van der Waals surface area contributed by atoms with E-state index in [1.54, 1.807) is 44.2 Å². The van der Waals surface area contributed by atoms with Crippen molar-refractivity contribution in [2.24, 2.45) is 10.2 Å². The van der Waals surface area contributed by atoms with E-state index >= 15 is 0 Å². The van der Waals surface area contributed by atoms with Crippen LogP contribution in [0.25, 0.3) is 0 Å². The fraction of sp³-hybridized carbons (Fsp3) is 0.417. The third-order valence-electron chi connectivity index (χ3n) is 4.48. The topological polar surface area (TPSA) is 99.0 Å². The molecule has 0 saturated carbocycles. The van der Waals surface area contributed by atoms with Crippen molar-refractivity contribution in [1.82, 2.24) is 0 Å². The highest BCUT2D eigenvalue weighted by Gasteiger charge is 2.31. The predicted octanol–water partition coefficient (Wildman–Crippen LogP) is 6.16. The predicted molar refractivity (Wildman–Crippen MR) is 135 cm³/mol. The van der Waals surface area contributed by atoms with Gasteiger partial charge in [0, 0.05) is 11.8 Å². The third-order valence-corrected chi connectivity index (χ3v) is 5.13. The summed E-state index contributed by atoms with van der Waals surface area (Å²) < 4.78 is 23.3. The number of halogens is 2. The van der Waals surface area contributed by atoms with Gasteiger partial charge >= 0.3 is 0 Å². The van der Waals surface area contributed by atoms with Crippen LogP contribution < -0.4 is 23.4 Å². The first kappa shape index (κ1) is 28.2. The average Bonchev–Trinajstić information content (AvgIpc) is 2.83. The molecule has 1 amide bonds. The number of hydrogen-bond acceptors (Lipinski definition) is 8. The fourth-order valence-corrected chi connectivity index (χ4v) is 3.45. The molecule has 1 unspecified atom stereocenters. The molecule has 0 fully saturated rings. The first-order valence-corrected chi connectivity index (χ1v) is 11.9. The molecule has 2 aromatic rings. The van der Waals surface area contributed by atoms with Crippen LogP contribution in [-0.4, -0.2) is 44.2 Å². The van der Waals surface area contributed by atoms with Crippen molar-refractivity contribution in [3.63, 3.8) is 0 Å². The zero-order valence-corrected chi connectivity index (χ0v) is 21.9. The van der Waals surface area contributed by atoms with Gasteiger partial charge < -0.3 is 18.9 Å². The highest BCUT2D eigenvalue weighted by molar-refractivity contribution is 6.39. The average molecular weight is 526 g/mol. The molecule has 2 aromatic carbocycles. The van der Waals surface area contributed by atoms with E-state index in [-0.39, 0.29) is 27.9 Å². The Morgan fingerprint density at radius 2 is 1.46 bits per heavy atom. The second-order valence-corrected chi connectivity index (χ2v) is 7.65. The summed E-state index contributed by atoms with van der Waals surface area (Å²) in [4.78, 5) is 25.6. The lowest BCUT2D eigenvalue weighted by Crippen LogP contribution is -2.36. The summed E-state index contributed by atoms with van der Waals surface area (Å²) in [5.74, 6) is -0.0544. The van der Waals surface area contributed by atoms with Crippen LogP contribution in [0.2, 0.25) is 5.02 Å². The zero-order chi connectivity index (χ0) is 26.0. The molecule has 2 rings (SSSR count). The fourth-order valence-electron chi connectivity index (χ4n) is 3.04. The number of benzene rings is 2. The lowest BCUT2D eigenvalue weighted by Gasteiger charge is -2.21. The van der Waals surface area contributed by atoms with E-state index in [4.69, 9.17) is 42.3 Å². The quantitative estimate of drug-likeness (QED) is 0.176. The molecule has 0 spiro atoms. The molecule has 35 heavy (non-hydrogen) atoms. The van der Waals surface area contributed by atoms with Crippen molar-refractivity contribution in [3.05, 3.63) is 35.4 Å². The van der Waals surface area contributed by atoms with Gasteiger partial charge in [-0.1, -0.05) is 17.7 Å². The van der Waals surface area contributed by atoms with Crippen LogP contribution >= 0.6 is 23.4 Å². The molecule has 0 saturated heterocycles. The second kappa shape index (κ2) is 13.7. The largest absolute Gasteiger partial charge is 0.490 e. The summed E-state index contributed by atoms with van der Waals surface area (Å²) in [7, 11) is 0. The third kappa shape index (κ3) is 6.99. The monoisotopic (exact) mass is 525 g/mol. The van der Waals surface area contributed by atoms with E-state index in [0.717, 1.165) is 4.42 Å². The minimum atomic E-state index is -1.54. The molecular weight excluding hydrogens is 497 g/mol. The maximum Gasteiger partial charge on any atom is 0.276 e. The van der Waals surface area contributed by atoms with Gasteiger partial charge in [0.2, 0.25) is 6.04 Å². The molecule has 0 aromatic heterocycles. The van der Waals surface area contributed by atoms with E-state index in [1.807, 2.05) is 13.8 Å². The molecule has 0 N–H and O–H groups in total. The Labute approximate surface area is 215 Å². The molecule has 0 aliphatic heterocycles. The number of para-hydroxylation sites is 1. The van der Waals surface area contributed by atoms with Gasteiger partial charge in [-0.15, -0.1) is 5.11 Å². The number of ether oxygens (including phenoxy) is 4. The van der Waals surface area contributed by atoms with Gasteiger partial charge in [-0.05, 0) is 58.9 Å². The molecule has 9 nitrogen and oxygen atoms in total. The Hall–Kier alpha value is -3.04. The van der Waals surface area contributed by atoms with Crippen LogP contribution in [0.4, 0.5) is 11.4 Å². The standard InChI is InChI=1S/C24H29Cl2N3O6/c1-6-32-18-12-10-11-17(22(18)34-8-3)29(26)24(31)20(15(5)30)27-28-21-16(25)13-14-19(33-7-2)23(21)35-9-4/h10-14,20H,6-9H2,1-5H3. The van der Waals surface area contributed by atoms with E-state index in [2.05, 4.69) is 10.2 Å². The molecule has 0 aliphatic rings. The summed E-state index contributed by atoms with van der Waals surface area (Å²) in [6, 6.07) is 6.59. The first-order chi connectivity index (χ1) is 16.8. The van der Waals surface area contributed by atoms with E-state index in [9.17, 15) is 9.59 Å². The minimum absolute atomic E-state index is 0.132. The lowest BCUT2D eigenvalue weighted by molar-refractivity contribution is -0.126. The maximum atomic E-state index is 13.2. The number of azo groups is 1.